The average Bonchev–Trinajstić information content (AvgIpc) is 2.39. The summed E-state index contributed by atoms with van der Waals surface area (Å²) in [7, 11) is 0. The molecule has 1 unspecified atom stereocenters. The van der Waals surface area contributed by atoms with Gasteiger partial charge in [-0.15, -0.1) is 0 Å². The highest BCUT2D eigenvalue weighted by atomic mass is 79.9. The first-order chi connectivity index (χ1) is 8.59. The summed E-state index contributed by atoms with van der Waals surface area (Å²) in [5.74, 6) is 0. The summed E-state index contributed by atoms with van der Waals surface area (Å²) in [6.07, 6.45) is 0. The molecule has 0 aromatic heterocycles. The number of hydrogen-bond acceptors (Lipinski definition) is 2. The Balaban J connectivity index is 2.08. The molecule has 2 N–H and O–H groups in total. The molecule has 0 amide bonds. The van der Waals surface area contributed by atoms with Crippen LogP contribution in [0.4, 0.5) is 5.69 Å². The highest BCUT2D eigenvalue weighted by Crippen LogP contribution is 2.25. The number of para-hydroxylation sites is 1. The van der Waals surface area contributed by atoms with Crippen LogP contribution in [0, 0.1) is 0 Å². The van der Waals surface area contributed by atoms with Gasteiger partial charge in [0.1, 0.15) is 5.60 Å². The van der Waals surface area contributed by atoms with Crippen molar-refractivity contribution in [1.82, 2.24) is 0 Å². The Kier molecular flexibility index (Phi) is 4.04. The van der Waals surface area contributed by atoms with Crippen molar-refractivity contribution in [3.05, 3.63) is 64.6 Å². The van der Waals surface area contributed by atoms with E-state index in [4.69, 9.17) is 0 Å². The van der Waals surface area contributed by atoms with Crippen LogP contribution in [0.15, 0.2) is 59.1 Å². The number of hydrogen-bond donors (Lipinski definition) is 2. The molecule has 3 heteroatoms. The van der Waals surface area contributed by atoms with Gasteiger partial charge in [-0.3, -0.25) is 0 Å². The molecule has 2 aromatic rings. The molecule has 18 heavy (non-hydrogen) atoms. The fraction of sp³-hybridized carbons (Fsp3) is 0.200. The number of aliphatic hydroxyl groups is 1. The highest BCUT2D eigenvalue weighted by Gasteiger charge is 2.22. The molecule has 0 bridgehead atoms. The fourth-order valence-corrected chi connectivity index (χ4v) is 2.20. The SMILES string of the molecule is CC(O)(CNc1ccccc1Br)c1ccccc1. The van der Waals surface area contributed by atoms with E-state index in [-0.39, 0.29) is 0 Å². The fourth-order valence-electron chi connectivity index (χ4n) is 1.77. The number of rotatable bonds is 4. The molecule has 0 aliphatic heterocycles. The first-order valence-corrected chi connectivity index (χ1v) is 6.65. The Bertz CT molecular complexity index is 511. The van der Waals surface area contributed by atoms with Gasteiger partial charge in [-0.05, 0) is 40.5 Å². The van der Waals surface area contributed by atoms with E-state index >= 15 is 0 Å². The Morgan fingerprint density at radius 1 is 1.06 bits per heavy atom. The molecule has 0 aliphatic rings. The van der Waals surface area contributed by atoms with E-state index < -0.39 is 5.60 Å². The molecule has 2 nitrogen and oxygen atoms in total. The van der Waals surface area contributed by atoms with E-state index in [1.807, 2.05) is 61.5 Å². The van der Waals surface area contributed by atoms with Crippen LogP contribution in [0.1, 0.15) is 12.5 Å². The highest BCUT2D eigenvalue weighted by molar-refractivity contribution is 9.10. The lowest BCUT2D eigenvalue weighted by atomic mass is 9.96. The van der Waals surface area contributed by atoms with Gasteiger partial charge in [-0.2, -0.15) is 0 Å². The molecule has 2 aromatic carbocycles. The Morgan fingerprint density at radius 2 is 1.67 bits per heavy atom. The number of benzene rings is 2. The summed E-state index contributed by atoms with van der Waals surface area (Å²) in [4.78, 5) is 0. The van der Waals surface area contributed by atoms with E-state index in [0.717, 1.165) is 15.7 Å². The zero-order valence-corrected chi connectivity index (χ0v) is 11.8. The maximum Gasteiger partial charge on any atom is 0.104 e. The van der Waals surface area contributed by atoms with Crippen LogP contribution in [0.3, 0.4) is 0 Å². The lowest BCUT2D eigenvalue weighted by molar-refractivity contribution is 0.0715. The molecule has 1 atom stereocenters. The van der Waals surface area contributed by atoms with Crippen molar-refractivity contribution in [1.29, 1.82) is 0 Å². The van der Waals surface area contributed by atoms with Crippen molar-refractivity contribution in [2.24, 2.45) is 0 Å². The van der Waals surface area contributed by atoms with Gasteiger partial charge in [0.2, 0.25) is 0 Å². The van der Waals surface area contributed by atoms with Gasteiger partial charge in [0, 0.05) is 16.7 Å². The van der Waals surface area contributed by atoms with Gasteiger partial charge in [0.15, 0.2) is 0 Å². The first kappa shape index (κ1) is 13.1. The third-order valence-electron chi connectivity index (χ3n) is 2.89. The van der Waals surface area contributed by atoms with Crippen molar-refractivity contribution < 1.29 is 5.11 Å². The molecule has 0 saturated heterocycles. The molecule has 0 spiro atoms. The van der Waals surface area contributed by atoms with Gasteiger partial charge in [0.05, 0.1) is 0 Å². The predicted octanol–water partition coefficient (Wildman–Crippen LogP) is 3.77. The maximum atomic E-state index is 10.5. The lowest BCUT2D eigenvalue weighted by Crippen LogP contribution is -2.30. The number of halogens is 1. The maximum absolute atomic E-state index is 10.5. The second-order valence-corrected chi connectivity index (χ2v) is 5.33. The van der Waals surface area contributed by atoms with Crippen molar-refractivity contribution in [3.8, 4) is 0 Å². The van der Waals surface area contributed by atoms with E-state index in [1.54, 1.807) is 0 Å². The molecule has 0 aliphatic carbocycles. The van der Waals surface area contributed by atoms with Gasteiger partial charge < -0.3 is 10.4 Å². The molecule has 0 fully saturated rings. The second-order valence-electron chi connectivity index (χ2n) is 4.47. The quantitative estimate of drug-likeness (QED) is 0.901. The largest absolute Gasteiger partial charge is 0.384 e. The van der Waals surface area contributed by atoms with Crippen molar-refractivity contribution in [3.63, 3.8) is 0 Å². The van der Waals surface area contributed by atoms with Gasteiger partial charge >= 0.3 is 0 Å². The zero-order valence-electron chi connectivity index (χ0n) is 10.2. The van der Waals surface area contributed by atoms with Crippen LogP contribution < -0.4 is 5.32 Å². The van der Waals surface area contributed by atoms with Crippen LogP contribution in [-0.4, -0.2) is 11.7 Å². The normalized spacial score (nSPS) is 13.9. The third kappa shape index (κ3) is 3.12. The van der Waals surface area contributed by atoms with Crippen LogP contribution in [-0.2, 0) is 5.60 Å². The molecule has 0 heterocycles. The molecule has 0 radical (unpaired) electrons. The van der Waals surface area contributed by atoms with Crippen LogP contribution in [0.2, 0.25) is 0 Å². The van der Waals surface area contributed by atoms with Crippen LogP contribution in [0.5, 0.6) is 0 Å². The molecular formula is C15H16BrNO. The standard InChI is InChI=1S/C15H16BrNO/c1-15(18,12-7-3-2-4-8-12)11-17-14-10-6-5-9-13(14)16/h2-10,17-18H,11H2,1H3. The topological polar surface area (TPSA) is 32.3 Å². The average molecular weight is 306 g/mol. The Morgan fingerprint density at radius 3 is 2.33 bits per heavy atom. The Labute approximate surface area is 116 Å². The molecule has 2 rings (SSSR count). The lowest BCUT2D eigenvalue weighted by Gasteiger charge is -2.25. The summed E-state index contributed by atoms with van der Waals surface area (Å²) < 4.78 is 0.994. The summed E-state index contributed by atoms with van der Waals surface area (Å²) in [5.41, 5.74) is 0.995. The Hall–Kier alpha value is -1.32. The van der Waals surface area contributed by atoms with E-state index in [2.05, 4.69) is 21.2 Å². The van der Waals surface area contributed by atoms with Crippen molar-refractivity contribution >= 4 is 21.6 Å². The summed E-state index contributed by atoms with van der Waals surface area (Å²) >= 11 is 3.48. The van der Waals surface area contributed by atoms with Crippen molar-refractivity contribution in [2.45, 2.75) is 12.5 Å². The van der Waals surface area contributed by atoms with E-state index in [0.29, 0.717) is 6.54 Å². The zero-order chi connectivity index (χ0) is 13.0. The van der Waals surface area contributed by atoms with Crippen molar-refractivity contribution in [2.75, 3.05) is 11.9 Å². The first-order valence-electron chi connectivity index (χ1n) is 5.86. The minimum absolute atomic E-state index is 0.458. The minimum atomic E-state index is -0.892. The monoisotopic (exact) mass is 305 g/mol. The molecule has 0 saturated carbocycles. The number of anilines is 1. The number of nitrogens with one attached hydrogen (secondary N) is 1. The summed E-state index contributed by atoms with van der Waals surface area (Å²) in [6, 6.07) is 17.5. The second kappa shape index (κ2) is 5.55. The van der Waals surface area contributed by atoms with E-state index in [1.165, 1.54) is 0 Å². The van der Waals surface area contributed by atoms with Gasteiger partial charge in [0.25, 0.3) is 0 Å². The molecule has 94 valence electrons. The third-order valence-corrected chi connectivity index (χ3v) is 3.58. The van der Waals surface area contributed by atoms with Gasteiger partial charge in [-0.1, -0.05) is 42.5 Å². The minimum Gasteiger partial charge on any atom is -0.384 e. The van der Waals surface area contributed by atoms with Crippen LogP contribution >= 0.6 is 15.9 Å². The predicted molar refractivity (Wildman–Crippen MR) is 78.6 cm³/mol. The van der Waals surface area contributed by atoms with Crippen LogP contribution in [0.25, 0.3) is 0 Å². The van der Waals surface area contributed by atoms with Gasteiger partial charge in [-0.25, -0.2) is 0 Å². The summed E-state index contributed by atoms with van der Waals surface area (Å²) in [5, 5.41) is 13.7. The van der Waals surface area contributed by atoms with E-state index in [9.17, 15) is 5.11 Å². The molecular weight excluding hydrogens is 290 g/mol. The smallest absolute Gasteiger partial charge is 0.104 e. The summed E-state index contributed by atoms with van der Waals surface area (Å²) in [6.45, 7) is 2.27.